The van der Waals surface area contributed by atoms with Crippen LogP contribution < -0.4 is 11.3 Å². The van der Waals surface area contributed by atoms with Gasteiger partial charge in [-0.1, -0.05) is 11.6 Å². The predicted octanol–water partition coefficient (Wildman–Crippen LogP) is -0.274. The SMILES string of the molecule is CN(CC(=O)O)S(=O)(=O)c1cnc(NN)c(Cl)c1. The number of carboxylic acids is 1. The zero-order valence-corrected chi connectivity index (χ0v) is 10.9. The summed E-state index contributed by atoms with van der Waals surface area (Å²) in [5.74, 6) is 3.96. The number of hydrogen-bond donors (Lipinski definition) is 3. The molecular weight excluding hydrogens is 284 g/mol. The summed E-state index contributed by atoms with van der Waals surface area (Å²) < 4.78 is 24.5. The Morgan fingerprint density at radius 1 is 1.67 bits per heavy atom. The van der Waals surface area contributed by atoms with E-state index in [1.165, 1.54) is 0 Å². The molecule has 1 rings (SSSR count). The van der Waals surface area contributed by atoms with Crippen molar-refractivity contribution >= 4 is 33.4 Å². The molecule has 0 aromatic carbocycles. The number of aromatic nitrogens is 1. The van der Waals surface area contributed by atoms with E-state index >= 15 is 0 Å². The monoisotopic (exact) mass is 294 g/mol. The first-order valence-corrected chi connectivity index (χ1v) is 6.41. The lowest BCUT2D eigenvalue weighted by Gasteiger charge is -2.15. The van der Waals surface area contributed by atoms with Crippen molar-refractivity contribution < 1.29 is 18.3 Å². The van der Waals surface area contributed by atoms with Crippen molar-refractivity contribution in [2.45, 2.75) is 4.90 Å². The second-order valence-corrected chi connectivity index (χ2v) is 5.75. The van der Waals surface area contributed by atoms with Gasteiger partial charge in [0.2, 0.25) is 10.0 Å². The van der Waals surface area contributed by atoms with E-state index in [1.807, 2.05) is 0 Å². The molecule has 18 heavy (non-hydrogen) atoms. The highest BCUT2D eigenvalue weighted by Crippen LogP contribution is 2.23. The fourth-order valence-electron chi connectivity index (χ4n) is 1.12. The van der Waals surface area contributed by atoms with E-state index in [1.54, 1.807) is 0 Å². The van der Waals surface area contributed by atoms with Crippen LogP contribution in [0.4, 0.5) is 5.82 Å². The number of carboxylic acid groups (broad SMARTS) is 1. The number of aliphatic carboxylic acids is 1. The van der Waals surface area contributed by atoms with E-state index in [0.717, 1.165) is 19.3 Å². The average Bonchev–Trinajstić information content (AvgIpc) is 2.27. The van der Waals surface area contributed by atoms with Crippen LogP contribution in [0.5, 0.6) is 0 Å². The molecule has 0 saturated carbocycles. The molecule has 0 aliphatic carbocycles. The maximum Gasteiger partial charge on any atom is 0.318 e. The second kappa shape index (κ2) is 5.48. The summed E-state index contributed by atoms with van der Waals surface area (Å²) in [7, 11) is -2.80. The Hall–Kier alpha value is -1.42. The summed E-state index contributed by atoms with van der Waals surface area (Å²) in [5.41, 5.74) is 2.19. The predicted molar refractivity (Wildman–Crippen MR) is 64.5 cm³/mol. The van der Waals surface area contributed by atoms with Crippen molar-refractivity contribution in [3.63, 3.8) is 0 Å². The van der Waals surface area contributed by atoms with Gasteiger partial charge in [0.25, 0.3) is 0 Å². The highest BCUT2D eigenvalue weighted by molar-refractivity contribution is 7.89. The Morgan fingerprint density at radius 2 is 2.28 bits per heavy atom. The molecule has 0 bridgehead atoms. The molecule has 0 radical (unpaired) electrons. The number of halogens is 1. The summed E-state index contributed by atoms with van der Waals surface area (Å²) in [6.45, 7) is -0.656. The molecular formula is C8H11ClN4O4S. The maximum atomic E-state index is 11.9. The van der Waals surface area contributed by atoms with Crippen molar-refractivity contribution in [2.75, 3.05) is 19.0 Å². The first-order valence-electron chi connectivity index (χ1n) is 4.59. The first kappa shape index (κ1) is 14.6. The Balaban J connectivity index is 3.13. The van der Waals surface area contributed by atoms with Gasteiger partial charge in [-0.3, -0.25) is 4.79 Å². The third kappa shape index (κ3) is 3.07. The Labute approximate surface area is 108 Å². The number of likely N-dealkylation sites (N-methyl/N-ethyl adjacent to an activating group) is 1. The largest absolute Gasteiger partial charge is 0.480 e. The maximum absolute atomic E-state index is 11.9. The lowest BCUT2D eigenvalue weighted by molar-refractivity contribution is -0.137. The van der Waals surface area contributed by atoms with Gasteiger partial charge < -0.3 is 10.5 Å². The van der Waals surface area contributed by atoms with Crippen LogP contribution in [-0.2, 0) is 14.8 Å². The van der Waals surface area contributed by atoms with Crippen LogP contribution >= 0.6 is 11.6 Å². The average molecular weight is 295 g/mol. The van der Waals surface area contributed by atoms with E-state index in [0.29, 0.717) is 4.31 Å². The number of nitrogens with two attached hydrogens (primary N) is 1. The van der Waals surface area contributed by atoms with Gasteiger partial charge in [-0.15, -0.1) is 0 Å². The molecule has 100 valence electrons. The minimum atomic E-state index is -3.94. The minimum Gasteiger partial charge on any atom is -0.480 e. The first-order chi connectivity index (χ1) is 8.28. The molecule has 0 spiro atoms. The number of hydrogen-bond acceptors (Lipinski definition) is 6. The number of nitrogens with zero attached hydrogens (tertiary/aromatic N) is 2. The number of sulfonamides is 1. The van der Waals surface area contributed by atoms with Gasteiger partial charge in [0.15, 0.2) is 5.82 Å². The van der Waals surface area contributed by atoms with Crippen molar-refractivity contribution in [1.82, 2.24) is 9.29 Å². The lowest BCUT2D eigenvalue weighted by atomic mass is 10.5. The molecule has 0 unspecified atom stereocenters. The zero-order chi connectivity index (χ0) is 13.9. The van der Waals surface area contributed by atoms with Crippen LogP contribution in [0.15, 0.2) is 17.2 Å². The highest BCUT2D eigenvalue weighted by Gasteiger charge is 2.24. The van der Waals surface area contributed by atoms with Crippen molar-refractivity contribution in [3.05, 3.63) is 17.3 Å². The molecule has 4 N–H and O–H groups in total. The molecule has 1 heterocycles. The molecule has 10 heteroatoms. The molecule has 1 aromatic rings. The van der Waals surface area contributed by atoms with Crippen molar-refractivity contribution in [3.8, 4) is 0 Å². The van der Waals surface area contributed by atoms with Gasteiger partial charge in [0.05, 0.1) is 5.02 Å². The Kier molecular flexibility index (Phi) is 4.46. The topological polar surface area (TPSA) is 126 Å². The van der Waals surface area contributed by atoms with Crippen LogP contribution in [0.2, 0.25) is 5.02 Å². The van der Waals surface area contributed by atoms with Gasteiger partial charge in [-0.05, 0) is 6.07 Å². The van der Waals surface area contributed by atoms with E-state index in [9.17, 15) is 13.2 Å². The Morgan fingerprint density at radius 3 is 2.72 bits per heavy atom. The van der Waals surface area contributed by atoms with E-state index in [-0.39, 0.29) is 15.7 Å². The summed E-state index contributed by atoms with van der Waals surface area (Å²) >= 11 is 5.74. The molecule has 0 fully saturated rings. The van der Waals surface area contributed by atoms with Crippen LogP contribution in [0.1, 0.15) is 0 Å². The zero-order valence-electron chi connectivity index (χ0n) is 9.29. The number of nitrogens with one attached hydrogen (secondary N) is 1. The van der Waals surface area contributed by atoms with Crippen molar-refractivity contribution in [2.24, 2.45) is 5.84 Å². The van der Waals surface area contributed by atoms with E-state index in [4.69, 9.17) is 22.6 Å². The fourth-order valence-corrected chi connectivity index (χ4v) is 2.50. The van der Waals surface area contributed by atoms with Gasteiger partial charge in [0, 0.05) is 13.2 Å². The number of rotatable bonds is 5. The van der Waals surface area contributed by atoms with Crippen LogP contribution in [-0.4, -0.2) is 42.4 Å². The van der Waals surface area contributed by atoms with Gasteiger partial charge in [0.1, 0.15) is 11.4 Å². The van der Waals surface area contributed by atoms with Crippen molar-refractivity contribution in [1.29, 1.82) is 0 Å². The molecule has 0 atom stereocenters. The minimum absolute atomic E-state index is 0.0160. The lowest BCUT2D eigenvalue weighted by Crippen LogP contribution is -2.32. The molecule has 0 saturated heterocycles. The van der Waals surface area contributed by atoms with Gasteiger partial charge >= 0.3 is 5.97 Å². The van der Waals surface area contributed by atoms with E-state index < -0.39 is 22.5 Å². The highest BCUT2D eigenvalue weighted by atomic mass is 35.5. The summed E-state index contributed by atoms with van der Waals surface area (Å²) in [4.78, 5) is 14.0. The standard InChI is InChI=1S/C8H11ClN4O4S/c1-13(4-7(14)15)18(16,17)5-2-6(9)8(12-10)11-3-5/h2-3H,4,10H2,1H3,(H,11,12)(H,14,15). The Bertz CT molecular complexity index is 562. The number of nitrogen functional groups attached to an aromatic ring is 1. The number of carbonyl (C=O) groups is 1. The second-order valence-electron chi connectivity index (χ2n) is 3.30. The quantitative estimate of drug-likeness (QED) is 0.504. The summed E-state index contributed by atoms with van der Waals surface area (Å²) in [5, 5.41) is 8.57. The van der Waals surface area contributed by atoms with E-state index in [2.05, 4.69) is 10.4 Å². The third-order valence-corrected chi connectivity index (χ3v) is 4.08. The number of anilines is 1. The van der Waals surface area contributed by atoms with Gasteiger partial charge in [-0.2, -0.15) is 4.31 Å². The number of hydrazine groups is 1. The van der Waals surface area contributed by atoms with Crippen LogP contribution in [0, 0.1) is 0 Å². The smallest absolute Gasteiger partial charge is 0.318 e. The molecule has 0 amide bonds. The normalized spacial score (nSPS) is 11.6. The van der Waals surface area contributed by atoms with Crippen LogP contribution in [0.3, 0.4) is 0 Å². The van der Waals surface area contributed by atoms with Crippen LogP contribution in [0.25, 0.3) is 0 Å². The summed E-state index contributed by atoms with van der Waals surface area (Å²) in [6.07, 6.45) is 1.04. The number of pyridine rings is 1. The van der Waals surface area contributed by atoms with Gasteiger partial charge in [-0.25, -0.2) is 19.2 Å². The third-order valence-electron chi connectivity index (χ3n) is 2.02. The molecule has 0 aliphatic heterocycles. The molecule has 1 aromatic heterocycles. The summed E-state index contributed by atoms with van der Waals surface area (Å²) in [6, 6.07) is 1.14. The molecule has 0 aliphatic rings. The fraction of sp³-hybridized carbons (Fsp3) is 0.250. The molecule has 8 nitrogen and oxygen atoms in total.